The van der Waals surface area contributed by atoms with E-state index in [1.54, 1.807) is 7.11 Å². The highest BCUT2D eigenvalue weighted by molar-refractivity contribution is 5.94. The van der Waals surface area contributed by atoms with Crippen LogP contribution in [-0.4, -0.2) is 37.6 Å². The minimum atomic E-state index is 0.0930. The van der Waals surface area contributed by atoms with E-state index in [0.29, 0.717) is 12.5 Å². The summed E-state index contributed by atoms with van der Waals surface area (Å²) >= 11 is 0. The number of benzene rings is 3. The van der Waals surface area contributed by atoms with Gasteiger partial charge in [-0.2, -0.15) is 0 Å². The van der Waals surface area contributed by atoms with E-state index >= 15 is 0 Å². The number of amides is 1. The Morgan fingerprint density at radius 2 is 1.76 bits per heavy atom. The van der Waals surface area contributed by atoms with Crippen molar-refractivity contribution in [2.24, 2.45) is 5.92 Å². The third kappa shape index (κ3) is 6.23. The molecule has 0 radical (unpaired) electrons. The Bertz CT molecular complexity index is 1010. The minimum Gasteiger partial charge on any atom is -0.496 e. The number of aryl methyl sites for hydroxylation is 1. The van der Waals surface area contributed by atoms with Crippen molar-refractivity contribution in [2.45, 2.75) is 32.2 Å². The summed E-state index contributed by atoms with van der Waals surface area (Å²) in [5, 5.41) is 3.64. The van der Waals surface area contributed by atoms with Gasteiger partial charge in [-0.25, -0.2) is 0 Å². The maximum Gasteiger partial charge on any atom is 0.254 e. The van der Waals surface area contributed by atoms with Crippen molar-refractivity contribution >= 4 is 5.91 Å². The summed E-state index contributed by atoms with van der Waals surface area (Å²) in [6.07, 6.45) is 4.33. The summed E-state index contributed by atoms with van der Waals surface area (Å²) in [4.78, 5) is 15.1. The van der Waals surface area contributed by atoms with E-state index < -0.39 is 0 Å². The van der Waals surface area contributed by atoms with Crippen LogP contribution in [0.4, 0.5) is 0 Å². The number of carbonyl (C=O) groups is 1. The molecular formula is C29H34N2O2. The molecule has 1 atom stereocenters. The van der Waals surface area contributed by atoms with Crippen molar-refractivity contribution in [2.75, 3.05) is 26.7 Å². The zero-order valence-corrected chi connectivity index (χ0v) is 19.5. The summed E-state index contributed by atoms with van der Waals surface area (Å²) in [6, 6.07) is 26.2. The highest BCUT2D eigenvalue weighted by Gasteiger charge is 2.21. The summed E-state index contributed by atoms with van der Waals surface area (Å²) in [6.45, 7) is 3.27. The third-order valence-electron chi connectivity index (χ3n) is 6.50. The van der Waals surface area contributed by atoms with Crippen molar-refractivity contribution in [3.8, 4) is 5.75 Å². The van der Waals surface area contributed by atoms with E-state index in [0.717, 1.165) is 55.8 Å². The Labute approximate surface area is 197 Å². The molecule has 172 valence electrons. The molecule has 0 saturated carbocycles. The number of nitrogens with zero attached hydrogens (tertiary/aromatic N) is 1. The Hall–Kier alpha value is -3.11. The third-order valence-corrected chi connectivity index (χ3v) is 6.50. The van der Waals surface area contributed by atoms with Gasteiger partial charge in [0.1, 0.15) is 5.75 Å². The van der Waals surface area contributed by atoms with Crippen LogP contribution in [0.5, 0.6) is 5.75 Å². The van der Waals surface area contributed by atoms with Gasteiger partial charge in [0, 0.05) is 18.7 Å². The lowest BCUT2D eigenvalue weighted by atomic mass is 9.83. The molecule has 1 N–H and O–H groups in total. The standard InChI is InChI=1S/C29H34N2O2/c1-33-28-15-8-14-25-17-16-24(20-27(25)28)21-30-18-9-19-31(22-23-10-4-2-5-11-23)29(32)26-12-6-3-7-13-26/h2-8,10-15,24,30H,9,16-22H2,1H3. The number of carbonyl (C=O) groups excluding carboxylic acids is 1. The van der Waals surface area contributed by atoms with E-state index in [2.05, 4.69) is 35.6 Å². The van der Waals surface area contributed by atoms with Crippen LogP contribution in [0.15, 0.2) is 78.9 Å². The Morgan fingerprint density at radius 1 is 1.00 bits per heavy atom. The molecule has 0 aromatic heterocycles. The molecule has 0 spiro atoms. The average Bonchev–Trinajstić information content (AvgIpc) is 2.88. The number of ether oxygens (including phenoxy) is 1. The quantitative estimate of drug-likeness (QED) is 0.443. The predicted molar refractivity (Wildman–Crippen MR) is 134 cm³/mol. The van der Waals surface area contributed by atoms with Gasteiger partial charge in [0.2, 0.25) is 0 Å². The van der Waals surface area contributed by atoms with Crippen LogP contribution in [0.25, 0.3) is 0 Å². The van der Waals surface area contributed by atoms with E-state index in [4.69, 9.17) is 4.74 Å². The van der Waals surface area contributed by atoms with Gasteiger partial charge in [-0.05, 0) is 79.6 Å². The van der Waals surface area contributed by atoms with E-state index in [1.807, 2.05) is 53.4 Å². The number of rotatable bonds is 10. The number of fused-ring (bicyclic) bond motifs is 1. The lowest BCUT2D eigenvalue weighted by Crippen LogP contribution is -2.34. The SMILES string of the molecule is COc1cccc2c1CC(CNCCCN(Cc1ccccc1)C(=O)c1ccccc1)CC2. The van der Waals surface area contributed by atoms with Crippen LogP contribution >= 0.6 is 0 Å². The smallest absolute Gasteiger partial charge is 0.254 e. The summed E-state index contributed by atoms with van der Waals surface area (Å²) in [5.41, 5.74) is 4.71. The first-order chi connectivity index (χ1) is 16.2. The van der Waals surface area contributed by atoms with Crippen LogP contribution in [0.2, 0.25) is 0 Å². The molecule has 1 unspecified atom stereocenters. The molecule has 0 heterocycles. The first kappa shape index (κ1) is 23.1. The molecule has 1 aliphatic rings. The van der Waals surface area contributed by atoms with Gasteiger partial charge < -0.3 is 15.0 Å². The molecule has 1 aliphatic carbocycles. The van der Waals surface area contributed by atoms with Gasteiger partial charge in [-0.3, -0.25) is 4.79 Å². The highest BCUT2D eigenvalue weighted by atomic mass is 16.5. The second-order valence-corrected chi connectivity index (χ2v) is 8.84. The van der Waals surface area contributed by atoms with Crippen molar-refractivity contribution in [1.82, 2.24) is 10.2 Å². The molecule has 4 heteroatoms. The Kier molecular flexibility index (Phi) is 8.15. The molecule has 4 rings (SSSR count). The molecule has 0 bridgehead atoms. The van der Waals surface area contributed by atoms with E-state index in [-0.39, 0.29) is 5.91 Å². The van der Waals surface area contributed by atoms with Gasteiger partial charge in [-0.15, -0.1) is 0 Å². The van der Waals surface area contributed by atoms with Gasteiger partial charge in [-0.1, -0.05) is 60.7 Å². The van der Waals surface area contributed by atoms with Crippen LogP contribution < -0.4 is 10.1 Å². The van der Waals surface area contributed by atoms with E-state index in [1.165, 1.54) is 17.5 Å². The van der Waals surface area contributed by atoms with Crippen LogP contribution in [-0.2, 0) is 19.4 Å². The molecule has 4 nitrogen and oxygen atoms in total. The molecule has 0 aliphatic heterocycles. The molecule has 3 aromatic carbocycles. The Morgan fingerprint density at radius 3 is 2.52 bits per heavy atom. The molecule has 0 saturated heterocycles. The number of hydrogen-bond donors (Lipinski definition) is 1. The molecule has 33 heavy (non-hydrogen) atoms. The van der Waals surface area contributed by atoms with Crippen molar-refractivity contribution in [3.05, 3.63) is 101 Å². The predicted octanol–water partition coefficient (Wildman–Crippen LogP) is 5.12. The van der Waals surface area contributed by atoms with Gasteiger partial charge in [0.25, 0.3) is 5.91 Å². The van der Waals surface area contributed by atoms with Crippen molar-refractivity contribution < 1.29 is 9.53 Å². The zero-order valence-electron chi connectivity index (χ0n) is 19.5. The fourth-order valence-corrected chi connectivity index (χ4v) is 4.71. The number of nitrogens with one attached hydrogen (secondary N) is 1. The summed E-state index contributed by atoms with van der Waals surface area (Å²) in [5.74, 6) is 1.74. The largest absolute Gasteiger partial charge is 0.496 e. The van der Waals surface area contributed by atoms with Crippen LogP contribution in [0.3, 0.4) is 0 Å². The fourth-order valence-electron chi connectivity index (χ4n) is 4.71. The summed E-state index contributed by atoms with van der Waals surface area (Å²) < 4.78 is 5.58. The van der Waals surface area contributed by atoms with Crippen LogP contribution in [0, 0.1) is 5.92 Å². The molecule has 3 aromatic rings. The zero-order chi connectivity index (χ0) is 22.9. The summed E-state index contributed by atoms with van der Waals surface area (Å²) in [7, 11) is 1.76. The lowest BCUT2D eigenvalue weighted by Gasteiger charge is -2.27. The van der Waals surface area contributed by atoms with E-state index in [9.17, 15) is 4.79 Å². The second-order valence-electron chi connectivity index (χ2n) is 8.84. The molecule has 0 fully saturated rings. The first-order valence-electron chi connectivity index (χ1n) is 12.0. The Balaban J connectivity index is 1.28. The molecular weight excluding hydrogens is 408 g/mol. The monoisotopic (exact) mass is 442 g/mol. The normalized spacial score (nSPS) is 15.0. The number of methoxy groups -OCH3 is 1. The van der Waals surface area contributed by atoms with Crippen molar-refractivity contribution in [1.29, 1.82) is 0 Å². The fraction of sp³-hybridized carbons (Fsp3) is 0.345. The maximum absolute atomic E-state index is 13.1. The number of hydrogen-bond acceptors (Lipinski definition) is 3. The van der Waals surface area contributed by atoms with Gasteiger partial charge >= 0.3 is 0 Å². The van der Waals surface area contributed by atoms with Crippen LogP contribution in [0.1, 0.15) is 39.9 Å². The second kappa shape index (κ2) is 11.7. The van der Waals surface area contributed by atoms with Crippen molar-refractivity contribution in [3.63, 3.8) is 0 Å². The molecule has 1 amide bonds. The van der Waals surface area contributed by atoms with Gasteiger partial charge in [0.05, 0.1) is 7.11 Å². The highest BCUT2D eigenvalue weighted by Crippen LogP contribution is 2.31. The minimum absolute atomic E-state index is 0.0930. The first-order valence-corrected chi connectivity index (χ1v) is 12.0. The topological polar surface area (TPSA) is 41.6 Å². The average molecular weight is 443 g/mol. The van der Waals surface area contributed by atoms with Gasteiger partial charge in [0.15, 0.2) is 0 Å². The lowest BCUT2D eigenvalue weighted by molar-refractivity contribution is 0.0741. The maximum atomic E-state index is 13.1.